The number of phenolic OH excluding ortho intramolecular Hbond substituents is 1. The predicted octanol–water partition coefficient (Wildman–Crippen LogP) is 1.73. The molecular weight excluding hydrogens is 203 g/mol. The van der Waals surface area contributed by atoms with Gasteiger partial charge in [-0.05, 0) is 13.0 Å². The lowest BCUT2D eigenvalue weighted by Crippen LogP contribution is -2.09. The zero-order chi connectivity index (χ0) is 11.6. The molecule has 1 unspecified atom stereocenters. The van der Waals surface area contributed by atoms with Gasteiger partial charge in [0.2, 0.25) is 0 Å². The number of rotatable bonds is 3. The highest BCUT2D eigenvalue weighted by atomic mass is 19.1. The van der Waals surface area contributed by atoms with E-state index in [1.165, 1.54) is 20.1 Å². The Kier molecular flexibility index (Phi) is 3.14. The molecule has 1 aromatic rings. The first-order chi connectivity index (χ1) is 6.99. The average Bonchev–Trinajstić information content (AvgIpc) is 2.20. The number of halogens is 1. The lowest BCUT2D eigenvalue weighted by Gasteiger charge is -2.13. The van der Waals surface area contributed by atoms with E-state index < -0.39 is 23.5 Å². The van der Waals surface area contributed by atoms with Gasteiger partial charge in [-0.3, -0.25) is 4.79 Å². The SMILES string of the molecule is COc1c(C(C)C(=O)O)ccc(F)c1O. The van der Waals surface area contributed by atoms with Crippen LogP contribution in [0.4, 0.5) is 4.39 Å². The van der Waals surface area contributed by atoms with Crippen LogP contribution >= 0.6 is 0 Å². The molecule has 0 fully saturated rings. The number of hydrogen-bond acceptors (Lipinski definition) is 3. The molecule has 4 nitrogen and oxygen atoms in total. The molecule has 1 aromatic carbocycles. The molecule has 0 radical (unpaired) electrons. The molecule has 5 heteroatoms. The van der Waals surface area contributed by atoms with Crippen molar-refractivity contribution in [1.82, 2.24) is 0 Å². The first-order valence-electron chi connectivity index (χ1n) is 4.27. The molecule has 2 N–H and O–H groups in total. The van der Waals surface area contributed by atoms with Crippen molar-refractivity contribution >= 4 is 5.97 Å². The number of ether oxygens (including phenoxy) is 1. The van der Waals surface area contributed by atoms with E-state index in [1.807, 2.05) is 0 Å². The van der Waals surface area contributed by atoms with E-state index in [-0.39, 0.29) is 11.3 Å². The number of aliphatic carboxylic acids is 1. The van der Waals surface area contributed by atoms with Crippen molar-refractivity contribution in [3.05, 3.63) is 23.5 Å². The molecule has 0 aliphatic heterocycles. The minimum absolute atomic E-state index is 0.134. The topological polar surface area (TPSA) is 66.8 Å². The van der Waals surface area contributed by atoms with Gasteiger partial charge in [-0.1, -0.05) is 6.07 Å². The van der Waals surface area contributed by atoms with E-state index >= 15 is 0 Å². The van der Waals surface area contributed by atoms with Crippen molar-refractivity contribution in [3.63, 3.8) is 0 Å². The number of carboxylic acid groups (broad SMARTS) is 1. The molecule has 1 atom stereocenters. The fraction of sp³-hybridized carbons (Fsp3) is 0.300. The third-order valence-electron chi connectivity index (χ3n) is 2.15. The van der Waals surface area contributed by atoms with E-state index in [2.05, 4.69) is 0 Å². The monoisotopic (exact) mass is 214 g/mol. The van der Waals surface area contributed by atoms with E-state index in [1.54, 1.807) is 0 Å². The van der Waals surface area contributed by atoms with Crippen molar-refractivity contribution in [2.24, 2.45) is 0 Å². The van der Waals surface area contributed by atoms with Crippen LogP contribution in [0.3, 0.4) is 0 Å². The highest BCUT2D eigenvalue weighted by Crippen LogP contribution is 2.36. The van der Waals surface area contributed by atoms with E-state index in [0.717, 1.165) is 6.07 Å². The number of benzene rings is 1. The Morgan fingerprint density at radius 1 is 1.53 bits per heavy atom. The maximum absolute atomic E-state index is 12.9. The molecule has 0 aromatic heterocycles. The standard InChI is InChI=1S/C10H11FO4/c1-5(10(13)14)6-3-4-7(11)8(12)9(6)15-2/h3-5,12H,1-2H3,(H,13,14). The fourth-order valence-electron chi connectivity index (χ4n) is 1.25. The predicted molar refractivity (Wildman–Crippen MR) is 50.7 cm³/mol. The maximum atomic E-state index is 12.9. The summed E-state index contributed by atoms with van der Waals surface area (Å²) < 4.78 is 17.7. The summed E-state index contributed by atoms with van der Waals surface area (Å²) in [4.78, 5) is 10.7. The van der Waals surface area contributed by atoms with Gasteiger partial charge in [0, 0.05) is 5.56 Å². The van der Waals surface area contributed by atoms with Crippen molar-refractivity contribution < 1.29 is 24.1 Å². The largest absolute Gasteiger partial charge is 0.502 e. The summed E-state index contributed by atoms with van der Waals surface area (Å²) >= 11 is 0. The van der Waals surface area contributed by atoms with Gasteiger partial charge in [0.1, 0.15) is 0 Å². The molecular formula is C10H11FO4. The number of aromatic hydroxyl groups is 1. The summed E-state index contributed by atoms with van der Waals surface area (Å²) in [6.45, 7) is 1.43. The summed E-state index contributed by atoms with van der Waals surface area (Å²) in [7, 11) is 1.24. The summed E-state index contributed by atoms with van der Waals surface area (Å²) in [5, 5.41) is 18.1. The zero-order valence-electron chi connectivity index (χ0n) is 8.32. The Morgan fingerprint density at radius 2 is 2.13 bits per heavy atom. The Hall–Kier alpha value is -1.78. The van der Waals surface area contributed by atoms with Gasteiger partial charge in [-0.15, -0.1) is 0 Å². The normalized spacial score (nSPS) is 12.2. The first kappa shape index (κ1) is 11.3. The third kappa shape index (κ3) is 2.01. The summed E-state index contributed by atoms with van der Waals surface area (Å²) in [5.74, 6) is -3.58. The second-order valence-corrected chi connectivity index (χ2v) is 3.08. The van der Waals surface area contributed by atoms with Crippen LogP contribution in [0.1, 0.15) is 18.4 Å². The van der Waals surface area contributed by atoms with Gasteiger partial charge < -0.3 is 14.9 Å². The van der Waals surface area contributed by atoms with E-state index in [4.69, 9.17) is 9.84 Å². The molecule has 1 rings (SSSR count). The molecule has 0 aliphatic rings. The van der Waals surface area contributed by atoms with Crippen molar-refractivity contribution in [1.29, 1.82) is 0 Å². The van der Waals surface area contributed by atoms with Crippen LogP contribution in [-0.4, -0.2) is 23.3 Å². The van der Waals surface area contributed by atoms with Crippen LogP contribution < -0.4 is 4.74 Å². The van der Waals surface area contributed by atoms with Crippen molar-refractivity contribution in [3.8, 4) is 11.5 Å². The first-order valence-corrected chi connectivity index (χ1v) is 4.27. The van der Waals surface area contributed by atoms with Gasteiger partial charge in [0.15, 0.2) is 17.3 Å². The minimum Gasteiger partial charge on any atom is -0.502 e. The number of methoxy groups -OCH3 is 1. The second-order valence-electron chi connectivity index (χ2n) is 3.08. The molecule has 0 bridgehead atoms. The van der Waals surface area contributed by atoms with Crippen molar-refractivity contribution in [2.75, 3.05) is 7.11 Å². The number of hydrogen-bond donors (Lipinski definition) is 2. The minimum atomic E-state index is -1.07. The summed E-state index contributed by atoms with van der Waals surface area (Å²) in [6.07, 6.45) is 0. The van der Waals surface area contributed by atoms with E-state index in [0.29, 0.717) is 0 Å². The smallest absolute Gasteiger partial charge is 0.310 e. The fourth-order valence-corrected chi connectivity index (χ4v) is 1.25. The Balaban J connectivity index is 3.30. The van der Waals surface area contributed by atoms with Gasteiger partial charge >= 0.3 is 5.97 Å². The quantitative estimate of drug-likeness (QED) is 0.804. The van der Waals surface area contributed by atoms with Gasteiger partial charge in [-0.25, -0.2) is 4.39 Å². The lowest BCUT2D eigenvalue weighted by molar-refractivity contribution is -0.138. The molecule has 0 amide bonds. The third-order valence-corrected chi connectivity index (χ3v) is 2.15. The molecule has 0 saturated heterocycles. The number of carboxylic acids is 1. The van der Waals surface area contributed by atoms with Gasteiger partial charge in [-0.2, -0.15) is 0 Å². The molecule has 15 heavy (non-hydrogen) atoms. The number of carbonyl (C=O) groups is 1. The highest BCUT2D eigenvalue weighted by molar-refractivity contribution is 5.77. The van der Waals surface area contributed by atoms with Crippen molar-refractivity contribution in [2.45, 2.75) is 12.8 Å². The molecule has 0 heterocycles. The maximum Gasteiger partial charge on any atom is 0.310 e. The lowest BCUT2D eigenvalue weighted by atomic mass is 10.00. The van der Waals surface area contributed by atoms with Crippen LogP contribution in [0.15, 0.2) is 12.1 Å². The van der Waals surface area contributed by atoms with Crippen LogP contribution in [-0.2, 0) is 4.79 Å². The molecule has 0 spiro atoms. The van der Waals surface area contributed by atoms with Crippen LogP contribution in [0.25, 0.3) is 0 Å². The van der Waals surface area contributed by atoms with Gasteiger partial charge in [0.25, 0.3) is 0 Å². The highest BCUT2D eigenvalue weighted by Gasteiger charge is 2.22. The molecule has 0 aliphatic carbocycles. The summed E-state index contributed by atoms with van der Waals surface area (Å²) in [5.41, 5.74) is 0.240. The second kappa shape index (κ2) is 4.16. The van der Waals surface area contributed by atoms with Crippen LogP contribution in [0.2, 0.25) is 0 Å². The summed E-state index contributed by atoms with van der Waals surface area (Å²) in [6, 6.07) is 2.29. The van der Waals surface area contributed by atoms with Crippen LogP contribution in [0, 0.1) is 5.82 Å². The molecule has 0 saturated carbocycles. The Morgan fingerprint density at radius 3 is 2.60 bits per heavy atom. The average molecular weight is 214 g/mol. The zero-order valence-corrected chi connectivity index (χ0v) is 8.32. The van der Waals surface area contributed by atoms with Crippen LogP contribution in [0.5, 0.6) is 11.5 Å². The Bertz CT molecular complexity index is 389. The van der Waals surface area contributed by atoms with Gasteiger partial charge in [0.05, 0.1) is 13.0 Å². The molecule has 82 valence electrons. The number of phenols is 1. The van der Waals surface area contributed by atoms with E-state index in [9.17, 15) is 14.3 Å². The Labute approximate surface area is 85.9 Å².